The number of hydrogen-bond donors (Lipinski definition) is 0. The fourth-order valence-corrected chi connectivity index (χ4v) is 3.53. The predicted octanol–water partition coefficient (Wildman–Crippen LogP) is 3.13. The predicted molar refractivity (Wildman–Crippen MR) is 86.6 cm³/mol. The third-order valence-electron chi connectivity index (χ3n) is 4.46. The summed E-state index contributed by atoms with van der Waals surface area (Å²) in [4.78, 5) is 16.5. The number of amides is 1. The summed E-state index contributed by atoms with van der Waals surface area (Å²) in [5.41, 5.74) is 1.25. The number of rotatable bonds is 2. The largest absolute Gasteiger partial charge is 0.444 e. The fourth-order valence-electron chi connectivity index (χ4n) is 3.53. The molecule has 22 heavy (non-hydrogen) atoms. The Labute approximate surface area is 133 Å². The topological polar surface area (TPSA) is 32.8 Å². The Kier molecular flexibility index (Phi) is 3.89. The van der Waals surface area contributed by atoms with Crippen molar-refractivity contribution in [2.75, 3.05) is 26.2 Å². The molecule has 1 amide bonds. The lowest BCUT2D eigenvalue weighted by Gasteiger charge is -2.48. The van der Waals surface area contributed by atoms with Crippen LogP contribution in [0, 0.1) is 5.41 Å². The first kappa shape index (κ1) is 15.3. The van der Waals surface area contributed by atoms with Crippen LogP contribution < -0.4 is 0 Å². The van der Waals surface area contributed by atoms with Crippen LogP contribution in [0.5, 0.6) is 0 Å². The second-order valence-corrected chi connectivity index (χ2v) is 7.78. The molecule has 0 bridgehead atoms. The summed E-state index contributed by atoms with van der Waals surface area (Å²) in [6.07, 6.45) is 0.934. The molecule has 2 aliphatic rings. The minimum absolute atomic E-state index is 0.161. The zero-order valence-electron chi connectivity index (χ0n) is 13.8. The van der Waals surface area contributed by atoms with E-state index < -0.39 is 5.60 Å². The highest BCUT2D eigenvalue weighted by Gasteiger charge is 2.49. The third-order valence-corrected chi connectivity index (χ3v) is 4.46. The average molecular weight is 302 g/mol. The van der Waals surface area contributed by atoms with Crippen molar-refractivity contribution in [2.24, 2.45) is 5.41 Å². The van der Waals surface area contributed by atoms with Crippen LogP contribution in [0.4, 0.5) is 4.79 Å². The van der Waals surface area contributed by atoms with E-state index >= 15 is 0 Å². The number of likely N-dealkylation sites (tertiary alicyclic amines) is 2. The van der Waals surface area contributed by atoms with Crippen LogP contribution in [0.3, 0.4) is 0 Å². The van der Waals surface area contributed by atoms with Gasteiger partial charge in [-0.3, -0.25) is 4.90 Å². The van der Waals surface area contributed by atoms with Crippen molar-refractivity contribution in [1.29, 1.82) is 0 Å². The number of hydrogen-bond acceptors (Lipinski definition) is 3. The maximum absolute atomic E-state index is 12.2. The van der Waals surface area contributed by atoms with Crippen molar-refractivity contribution in [2.45, 2.75) is 39.3 Å². The summed E-state index contributed by atoms with van der Waals surface area (Å²) < 4.78 is 5.48. The van der Waals surface area contributed by atoms with Crippen molar-refractivity contribution < 1.29 is 9.53 Å². The van der Waals surface area contributed by atoms with Crippen LogP contribution >= 0.6 is 0 Å². The fraction of sp³-hybridized carbons (Fsp3) is 0.611. The Balaban J connectivity index is 1.49. The molecule has 0 unspecified atom stereocenters. The van der Waals surface area contributed by atoms with Gasteiger partial charge in [0.2, 0.25) is 0 Å². The highest BCUT2D eigenvalue weighted by atomic mass is 16.6. The second kappa shape index (κ2) is 5.58. The quantitative estimate of drug-likeness (QED) is 0.841. The first-order valence-electron chi connectivity index (χ1n) is 8.10. The Bertz CT molecular complexity index is 530. The molecule has 1 spiro atoms. The standard InChI is InChI=1S/C18H26N2O2/c1-17(2,3)22-16(21)20-10-9-18(14-20)12-19(13-18)11-15-7-5-4-6-8-15/h4-8H,9-14H2,1-3H3. The van der Waals surface area contributed by atoms with Gasteiger partial charge in [-0.2, -0.15) is 0 Å². The van der Waals surface area contributed by atoms with E-state index in [1.807, 2.05) is 25.7 Å². The van der Waals surface area contributed by atoms with Crippen LogP contribution in [-0.2, 0) is 11.3 Å². The minimum atomic E-state index is -0.411. The normalized spacial score (nSPS) is 21.0. The molecule has 2 aliphatic heterocycles. The van der Waals surface area contributed by atoms with Gasteiger partial charge in [-0.25, -0.2) is 4.79 Å². The number of nitrogens with zero attached hydrogens (tertiary/aromatic N) is 2. The van der Waals surface area contributed by atoms with E-state index in [9.17, 15) is 4.79 Å². The zero-order valence-corrected chi connectivity index (χ0v) is 13.8. The number of carbonyl (C=O) groups excluding carboxylic acids is 1. The highest BCUT2D eigenvalue weighted by Crippen LogP contribution is 2.40. The summed E-state index contributed by atoms with van der Waals surface area (Å²) in [7, 11) is 0. The molecule has 0 radical (unpaired) electrons. The van der Waals surface area contributed by atoms with Gasteiger partial charge < -0.3 is 9.64 Å². The number of benzene rings is 1. The van der Waals surface area contributed by atoms with Crippen molar-refractivity contribution >= 4 is 6.09 Å². The molecule has 120 valence electrons. The molecule has 0 aromatic heterocycles. The summed E-state index contributed by atoms with van der Waals surface area (Å²) in [5.74, 6) is 0. The molecule has 2 fully saturated rings. The molecular weight excluding hydrogens is 276 g/mol. The van der Waals surface area contributed by atoms with Crippen LogP contribution in [0.15, 0.2) is 30.3 Å². The Hall–Kier alpha value is -1.55. The Morgan fingerprint density at radius 1 is 1.18 bits per heavy atom. The lowest BCUT2D eigenvalue weighted by molar-refractivity contribution is -0.00615. The van der Waals surface area contributed by atoms with Gasteiger partial charge in [0.05, 0.1) is 0 Å². The van der Waals surface area contributed by atoms with Crippen LogP contribution in [-0.4, -0.2) is 47.7 Å². The average Bonchev–Trinajstić information content (AvgIpc) is 2.83. The Morgan fingerprint density at radius 2 is 1.86 bits per heavy atom. The SMILES string of the molecule is CC(C)(C)OC(=O)N1CCC2(CN(Cc3ccccc3)C2)C1. The van der Waals surface area contributed by atoms with E-state index in [1.165, 1.54) is 5.56 Å². The van der Waals surface area contributed by atoms with Crippen molar-refractivity contribution in [3.63, 3.8) is 0 Å². The summed E-state index contributed by atoms with van der Waals surface area (Å²) >= 11 is 0. The molecule has 1 aromatic carbocycles. The monoisotopic (exact) mass is 302 g/mol. The summed E-state index contributed by atoms with van der Waals surface area (Å²) in [6.45, 7) is 10.6. The number of carbonyl (C=O) groups is 1. The summed E-state index contributed by atoms with van der Waals surface area (Å²) in [6, 6.07) is 10.6. The van der Waals surface area contributed by atoms with Gasteiger partial charge >= 0.3 is 6.09 Å². The van der Waals surface area contributed by atoms with Gasteiger partial charge in [0, 0.05) is 38.1 Å². The van der Waals surface area contributed by atoms with E-state index in [1.54, 1.807) is 0 Å². The molecule has 4 heteroatoms. The van der Waals surface area contributed by atoms with Gasteiger partial charge in [0.1, 0.15) is 5.60 Å². The van der Waals surface area contributed by atoms with Gasteiger partial charge in [-0.15, -0.1) is 0 Å². The van der Waals surface area contributed by atoms with Gasteiger partial charge in [0.15, 0.2) is 0 Å². The molecule has 0 N–H and O–H groups in total. The van der Waals surface area contributed by atoms with Crippen molar-refractivity contribution in [1.82, 2.24) is 9.80 Å². The molecule has 0 saturated carbocycles. The highest BCUT2D eigenvalue weighted by molar-refractivity contribution is 5.68. The van der Waals surface area contributed by atoms with E-state index in [0.29, 0.717) is 5.41 Å². The second-order valence-electron chi connectivity index (χ2n) is 7.78. The maximum atomic E-state index is 12.2. The van der Waals surface area contributed by atoms with E-state index in [0.717, 1.165) is 39.1 Å². The van der Waals surface area contributed by atoms with Gasteiger partial charge in [-0.05, 0) is 32.8 Å². The molecular formula is C18H26N2O2. The van der Waals surface area contributed by atoms with Crippen molar-refractivity contribution in [3.8, 4) is 0 Å². The third kappa shape index (κ3) is 3.43. The first-order chi connectivity index (χ1) is 10.4. The lowest BCUT2D eigenvalue weighted by Crippen LogP contribution is -2.57. The molecule has 2 heterocycles. The minimum Gasteiger partial charge on any atom is -0.444 e. The molecule has 1 aromatic rings. The van der Waals surface area contributed by atoms with Crippen LogP contribution in [0.25, 0.3) is 0 Å². The maximum Gasteiger partial charge on any atom is 0.410 e. The summed E-state index contributed by atoms with van der Waals surface area (Å²) in [5, 5.41) is 0. The molecule has 3 rings (SSSR count). The van der Waals surface area contributed by atoms with Gasteiger partial charge in [0.25, 0.3) is 0 Å². The molecule has 0 atom stereocenters. The van der Waals surface area contributed by atoms with E-state index in [2.05, 4.69) is 35.2 Å². The Morgan fingerprint density at radius 3 is 2.50 bits per heavy atom. The van der Waals surface area contributed by atoms with Crippen molar-refractivity contribution in [3.05, 3.63) is 35.9 Å². The smallest absolute Gasteiger partial charge is 0.410 e. The molecule has 0 aliphatic carbocycles. The zero-order chi connectivity index (χ0) is 15.8. The van der Waals surface area contributed by atoms with Crippen LogP contribution in [0.2, 0.25) is 0 Å². The van der Waals surface area contributed by atoms with Gasteiger partial charge in [-0.1, -0.05) is 30.3 Å². The lowest BCUT2D eigenvalue weighted by atomic mass is 9.79. The first-order valence-corrected chi connectivity index (χ1v) is 8.10. The van der Waals surface area contributed by atoms with Crippen LogP contribution in [0.1, 0.15) is 32.8 Å². The van der Waals surface area contributed by atoms with E-state index in [4.69, 9.17) is 4.74 Å². The number of ether oxygens (including phenoxy) is 1. The molecule has 2 saturated heterocycles. The molecule has 4 nitrogen and oxygen atoms in total. The van der Waals surface area contributed by atoms with E-state index in [-0.39, 0.29) is 6.09 Å².